The number of allylic oxidation sites excluding steroid dienone is 1. The smallest absolute Gasteiger partial charge is 0.165 e. The lowest BCUT2D eigenvalue weighted by atomic mass is 10.0. The molecule has 0 saturated heterocycles. The molecule has 3 aromatic carbocycles. The largest absolute Gasteiger partial charge is 0.493 e. The normalized spacial score (nSPS) is 10.4. The summed E-state index contributed by atoms with van der Waals surface area (Å²) in [6.45, 7) is 7.05. The molecule has 0 heterocycles. The number of aryl methyl sites for hydroxylation is 1. The molecule has 0 radical (unpaired) electrons. The fraction of sp³-hybridized carbons (Fsp3) is 0.200. The van der Waals surface area contributed by atoms with Crippen molar-refractivity contribution in [1.82, 2.24) is 0 Å². The van der Waals surface area contributed by atoms with E-state index in [1.807, 2.05) is 48.5 Å². The highest BCUT2D eigenvalue weighted by Gasteiger charge is 2.14. The monoisotopic (exact) mass is 407 g/mol. The van der Waals surface area contributed by atoms with E-state index < -0.39 is 0 Å². The molecule has 0 aromatic heterocycles. The standard InChI is InChI=1S/C25H26ClNO2/c1-4-9-20-14-19(16-27-23-13-8-5-10-18(23)2)15-24(28-3)25(20)29-17-21-11-6-7-12-22(21)26/h4-8,10-15,27H,1,9,16-17H2,2-3H3. The summed E-state index contributed by atoms with van der Waals surface area (Å²) in [6.07, 6.45) is 2.56. The Kier molecular flexibility index (Phi) is 7.20. The van der Waals surface area contributed by atoms with Crippen LogP contribution in [0.3, 0.4) is 0 Å². The summed E-state index contributed by atoms with van der Waals surface area (Å²) >= 11 is 6.27. The molecule has 3 nitrogen and oxygen atoms in total. The summed E-state index contributed by atoms with van der Waals surface area (Å²) < 4.78 is 11.8. The first kappa shape index (κ1) is 20.8. The number of hydrogen-bond acceptors (Lipinski definition) is 3. The van der Waals surface area contributed by atoms with E-state index in [0.29, 0.717) is 30.3 Å². The lowest BCUT2D eigenvalue weighted by molar-refractivity contribution is 0.282. The van der Waals surface area contributed by atoms with Crippen LogP contribution in [0.1, 0.15) is 22.3 Å². The Morgan fingerprint density at radius 3 is 2.52 bits per heavy atom. The Bertz CT molecular complexity index is 984. The van der Waals surface area contributed by atoms with Crippen LogP contribution in [0, 0.1) is 6.92 Å². The van der Waals surface area contributed by atoms with E-state index >= 15 is 0 Å². The van der Waals surface area contributed by atoms with Crippen LogP contribution >= 0.6 is 11.6 Å². The SMILES string of the molecule is C=CCc1cc(CNc2ccccc2C)cc(OC)c1OCc1ccccc1Cl. The Hall–Kier alpha value is -2.91. The minimum absolute atomic E-state index is 0.376. The van der Waals surface area contributed by atoms with Crippen molar-refractivity contribution in [1.29, 1.82) is 0 Å². The lowest BCUT2D eigenvalue weighted by Gasteiger charge is -2.18. The highest BCUT2D eigenvalue weighted by molar-refractivity contribution is 6.31. The van der Waals surface area contributed by atoms with E-state index in [4.69, 9.17) is 21.1 Å². The number of hydrogen-bond donors (Lipinski definition) is 1. The molecule has 0 aliphatic rings. The van der Waals surface area contributed by atoms with Gasteiger partial charge in [0.1, 0.15) is 6.61 Å². The van der Waals surface area contributed by atoms with Gasteiger partial charge in [-0.25, -0.2) is 0 Å². The van der Waals surface area contributed by atoms with Crippen LogP contribution < -0.4 is 14.8 Å². The summed E-state index contributed by atoms with van der Waals surface area (Å²) in [5.74, 6) is 1.44. The quantitative estimate of drug-likeness (QED) is 0.406. The summed E-state index contributed by atoms with van der Waals surface area (Å²) in [7, 11) is 1.66. The second-order valence-electron chi connectivity index (χ2n) is 6.83. The summed E-state index contributed by atoms with van der Waals surface area (Å²) in [6, 6.07) is 20.1. The zero-order valence-corrected chi connectivity index (χ0v) is 17.6. The van der Waals surface area contributed by atoms with E-state index in [1.165, 1.54) is 5.56 Å². The third-order valence-electron chi connectivity index (χ3n) is 4.73. The molecule has 0 unspecified atom stereocenters. The molecule has 4 heteroatoms. The van der Waals surface area contributed by atoms with Crippen molar-refractivity contribution in [2.45, 2.75) is 26.5 Å². The average molecular weight is 408 g/mol. The van der Waals surface area contributed by atoms with Crippen molar-refractivity contribution in [3.05, 3.63) is 101 Å². The van der Waals surface area contributed by atoms with Crippen molar-refractivity contribution < 1.29 is 9.47 Å². The molecule has 0 aliphatic carbocycles. The third-order valence-corrected chi connectivity index (χ3v) is 5.10. The fourth-order valence-electron chi connectivity index (χ4n) is 3.18. The van der Waals surface area contributed by atoms with Gasteiger partial charge >= 0.3 is 0 Å². The summed E-state index contributed by atoms with van der Waals surface area (Å²) in [4.78, 5) is 0. The van der Waals surface area contributed by atoms with Crippen LogP contribution in [0.2, 0.25) is 5.02 Å². The van der Waals surface area contributed by atoms with E-state index in [-0.39, 0.29) is 0 Å². The summed E-state index contributed by atoms with van der Waals surface area (Å²) in [5, 5.41) is 4.19. The molecule has 0 amide bonds. The summed E-state index contributed by atoms with van der Waals surface area (Å²) in [5.41, 5.74) is 5.42. The number of halogens is 1. The number of nitrogens with one attached hydrogen (secondary N) is 1. The van der Waals surface area contributed by atoms with Crippen molar-refractivity contribution >= 4 is 17.3 Å². The van der Waals surface area contributed by atoms with Gasteiger partial charge in [0.25, 0.3) is 0 Å². The zero-order valence-electron chi connectivity index (χ0n) is 16.9. The number of benzene rings is 3. The molecule has 0 aliphatic heterocycles. The van der Waals surface area contributed by atoms with Gasteiger partial charge in [-0.3, -0.25) is 0 Å². The second kappa shape index (κ2) is 10.0. The van der Waals surface area contributed by atoms with Gasteiger partial charge in [0.05, 0.1) is 7.11 Å². The maximum Gasteiger partial charge on any atom is 0.165 e. The predicted octanol–water partition coefficient (Wildman–Crippen LogP) is 6.58. The van der Waals surface area contributed by atoms with Gasteiger partial charge in [0.2, 0.25) is 0 Å². The molecular formula is C25H26ClNO2. The highest BCUT2D eigenvalue weighted by atomic mass is 35.5. The van der Waals surface area contributed by atoms with Crippen LogP contribution in [-0.4, -0.2) is 7.11 Å². The lowest BCUT2D eigenvalue weighted by Crippen LogP contribution is -2.05. The van der Waals surface area contributed by atoms with Gasteiger partial charge in [-0.1, -0.05) is 54.1 Å². The molecule has 0 bridgehead atoms. The van der Waals surface area contributed by atoms with Crippen molar-refractivity contribution in [3.63, 3.8) is 0 Å². The van der Waals surface area contributed by atoms with Gasteiger partial charge < -0.3 is 14.8 Å². The van der Waals surface area contributed by atoms with Gasteiger partial charge in [0.15, 0.2) is 11.5 Å². The minimum Gasteiger partial charge on any atom is -0.493 e. The third kappa shape index (κ3) is 5.33. The van der Waals surface area contributed by atoms with Crippen LogP contribution in [0.25, 0.3) is 0 Å². The van der Waals surface area contributed by atoms with Crippen LogP contribution in [0.5, 0.6) is 11.5 Å². The Morgan fingerprint density at radius 2 is 1.79 bits per heavy atom. The van der Waals surface area contributed by atoms with E-state index in [2.05, 4.69) is 37.0 Å². The van der Waals surface area contributed by atoms with E-state index in [0.717, 1.165) is 28.1 Å². The minimum atomic E-state index is 0.376. The number of rotatable bonds is 9. The number of para-hydroxylation sites is 1. The molecule has 0 saturated carbocycles. The van der Waals surface area contributed by atoms with Crippen molar-refractivity contribution in [2.75, 3.05) is 12.4 Å². The van der Waals surface area contributed by atoms with Crippen molar-refractivity contribution in [2.24, 2.45) is 0 Å². The van der Waals surface area contributed by atoms with Gasteiger partial charge in [-0.05, 0) is 48.7 Å². The number of ether oxygens (including phenoxy) is 2. The van der Waals surface area contributed by atoms with Crippen LogP contribution in [0.15, 0.2) is 73.3 Å². The van der Waals surface area contributed by atoms with Crippen molar-refractivity contribution in [3.8, 4) is 11.5 Å². The second-order valence-corrected chi connectivity index (χ2v) is 7.23. The first-order valence-corrected chi connectivity index (χ1v) is 9.96. The Morgan fingerprint density at radius 1 is 1.03 bits per heavy atom. The zero-order chi connectivity index (χ0) is 20.6. The first-order chi connectivity index (χ1) is 14.1. The molecule has 0 fully saturated rings. The molecule has 29 heavy (non-hydrogen) atoms. The average Bonchev–Trinajstić information content (AvgIpc) is 2.73. The van der Waals surface area contributed by atoms with E-state index in [1.54, 1.807) is 7.11 Å². The van der Waals surface area contributed by atoms with E-state index in [9.17, 15) is 0 Å². The fourth-order valence-corrected chi connectivity index (χ4v) is 3.37. The van der Waals surface area contributed by atoms with Crippen LogP contribution in [-0.2, 0) is 19.6 Å². The maximum atomic E-state index is 6.27. The van der Waals surface area contributed by atoms with Crippen LogP contribution in [0.4, 0.5) is 5.69 Å². The number of methoxy groups -OCH3 is 1. The molecule has 3 aromatic rings. The maximum absolute atomic E-state index is 6.27. The highest BCUT2D eigenvalue weighted by Crippen LogP contribution is 2.35. The molecule has 0 atom stereocenters. The Balaban J connectivity index is 1.83. The molecule has 3 rings (SSSR count). The number of anilines is 1. The molecular weight excluding hydrogens is 382 g/mol. The molecule has 0 spiro atoms. The molecule has 150 valence electrons. The van der Waals surface area contributed by atoms with Gasteiger partial charge in [-0.2, -0.15) is 0 Å². The molecule has 1 N–H and O–H groups in total. The first-order valence-electron chi connectivity index (χ1n) is 9.58. The predicted molar refractivity (Wildman–Crippen MR) is 121 cm³/mol. The van der Waals surface area contributed by atoms with Gasteiger partial charge in [-0.15, -0.1) is 6.58 Å². The topological polar surface area (TPSA) is 30.5 Å². The van der Waals surface area contributed by atoms with Gasteiger partial charge in [0, 0.05) is 28.4 Å². The Labute approximate surface area is 177 Å².